The fourth-order valence-corrected chi connectivity index (χ4v) is 4.36. The van der Waals surface area contributed by atoms with Crippen molar-refractivity contribution in [3.8, 4) is 0 Å². The Morgan fingerprint density at radius 1 is 1.27 bits per heavy atom. The number of carbonyl (C=O) groups excluding carboxylic acids is 1. The maximum atomic E-state index is 12.3. The van der Waals surface area contributed by atoms with Crippen LogP contribution in [0.25, 0.3) is 0 Å². The molecule has 2 fully saturated rings. The largest absolute Gasteiger partial charge is 0.375 e. The molecule has 1 amide bonds. The van der Waals surface area contributed by atoms with E-state index in [9.17, 15) is 13.2 Å². The van der Waals surface area contributed by atoms with E-state index < -0.39 is 9.84 Å². The fourth-order valence-electron chi connectivity index (χ4n) is 3.73. The second-order valence-electron chi connectivity index (χ2n) is 7.82. The Morgan fingerprint density at radius 3 is 2.58 bits per heavy atom. The molecule has 2 aliphatic heterocycles. The van der Waals surface area contributed by atoms with Crippen molar-refractivity contribution in [3.05, 3.63) is 29.8 Å². The summed E-state index contributed by atoms with van der Waals surface area (Å²) >= 11 is 0. The number of nitrogens with one attached hydrogen (secondary N) is 1. The molecule has 3 rings (SSSR count). The predicted molar refractivity (Wildman–Crippen MR) is 99.7 cm³/mol. The van der Waals surface area contributed by atoms with Gasteiger partial charge in [0.15, 0.2) is 9.84 Å². The van der Waals surface area contributed by atoms with Gasteiger partial charge in [0.1, 0.15) is 0 Å². The molecule has 1 aromatic rings. The molecular weight excluding hydrogens is 352 g/mol. The highest BCUT2D eigenvalue weighted by Gasteiger charge is 2.38. The van der Waals surface area contributed by atoms with E-state index in [1.54, 1.807) is 24.3 Å². The number of hydrogen-bond donors (Lipinski definition) is 1. The number of nitrogens with zero attached hydrogens (tertiary/aromatic N) is 1. The van der Waals surface area contributed by atoms with E-state index in [1.165, 1.54) is 6.26 Å². The lowest BCUT2D eigenvalue weighted by molar-refractivity contribution is -0.121. The molecule has 2 aliphatic rings. The highest BCUT2D eigenvalue weighted by molar-refractivity contribution is 7.90. The molecule has 144 valence electrons. The minimum absolute atomic E-state index is 0.0247. The lowest BCUT2D eigenvalue weighted by Gasteiger charge is -2.36. The van der Waals surface area contributed by atoms with E-state index in [0.29, 0.717) is 12.0 Å². The van der Waals surface area contributed by atoms with Crippen molar-refractivity contribution in [1.82, 2.24) is 10.2 Å². The van der Waals surface area contributed by atoms with Crippen molar-refractivity contribution in [2.75, 3.05) is 26.0 Å². The minimum atomic E-state index is -3.21. The number of fused-ring (bicyclic) bond motifs is 1. The molecule has 7 heteroatoms. The number of carbonyl (C=O) groups is 1. The van der Waals surface area contributed by atoms with Crippen molar-refractivity contribution in [2.24, 2.45) is 5.92 Å². The lowest BCUT2D eigenvalue weighted by atomic mass is 10.0. The van der Waals surface area contributed by atoms with Crippen molar-refractivity contribution in [3.63, 3.8) is 0 Å². The summed E-state index contributed by atoms with van der Waals surface area (Å²) in [6, 6.07) is 7.06. The maximum absolute atomic E-state index is 12.3. The van der Waals surface area contributed by atoms with Crippen LogP contribution in [0.4, 0.5) is 0 Å². The van der Waals surface area contributed by atoms with Gasteiger partial charge in [0.2, 0.25) is 5.91 Å². The molecule has 0 aromatic heterocycles. The van der Waals surface area contributed by atoms with Crippen LogP contribution in [0.1, 0.15) is 25.8 Å². The Kier molecular flexibility index (Phi) is 5.69. The average Bonchev–Trinajstić information content (AvgIpc) is 2.95. The zero-order valence-electron chi connectivity index (χ0n) is 15.6. The highest BCUT2D eigenvalue weighted by atomic mass is 32.2. The zero-order chi connectivity index (χ0) is 18.9. The molecule has 0 spiro atoms. The van der Waals surface area contributed by atoms with Gasteiger partial charge in [-0.1, -0.05) is 26.0 Å². The van der Waals surface area contributed by atoms with Gasteiger partial charge in [0.05, 0.1) is 24.0 Å². The van der Waals surface area contributed by atoms with Gasteiger partial charge < -0.3 is 10.1 Å². The Labute approximate surface area is 155 Å². The number of amides is 1. The van der Waals surface area contributed by atoms with Crippen LogP contribution in [0, 0.1) is 5.92 Å². The molecule has 3 atom stereocenters. The maximum Gasteiger partial charge on any atom is 0.224 e. The molecular formula is C19H28N2O4S. The molecule has 1 N–H and O–H groups in total. The smallest absolute Gasteiger partial charge is 0.224 e. The van der Waals surface area contributed by atoms with E-state index in [2.05, 4.69) is 24.1 Å². The van der Waals surface area contributed by atoms with Gasteiger partial charge in [-0.2, -0.15) is 0 Å². The van der Waals surface area contributed by atoms with Gasteiger partial charge in [-0.25, -0.2) is 8.42 Å². The van der Waals surface area contributed by atoms with Gasteiger partial charge in [-0.05, 0) is 30.0 Å². The third-order valence-corrected chi connectivity index (χ3v) is 6.40. The minimum Gasteiger partial charge on any atom is -0.375 e. The number of rotatable bonds is 5. The molecule has 26 heavy (non-hydrogen) atoms. The zero-order valence-corrected chi connectivity index (χ0v) is 16.5. The summed E-state index contributed by atoms with van der Waals surface area (Å²) in [6.07, 6.45) is 2.63. The van der Waals surface area contributed by atoms with Gasteiger partial charge in [-0.3, -0.25) is 9.69 Å². The van der Waals surface area contributed by atoms with Gasteiger partial charge in [0.25, 0.3) is 0 Å². The number of morpholine rings is 1. The summed E-state index contributed by atoms with van der Waals surface area (Å²) in [5.41, 5.74) is 0.814. The average molecular weight is 381 g/mol. The Bertz CT molecular complexity index is 745. The van der Waals surface area contributed by atoms with Crippen LogP contribution in [0.15, 0.2) is 29.2 Å². The van der Waals surface area contributed by atoms with E-state index in [-0.39, 0.29) is 29.4 Å². The van der Waals surface area contributed by atoms with Crippen molar-refractivity contribution < 1.29 is 17.9 Å². The van der Waals surface area contributed by atoms with Gasteiger partial charge >= 0.3 is 0 Å². The number of hydrogen-bond acceptors (Lipinski definition) is 5. The summed E-state index contributed by atoms with van der Waals surface area (Å²) in [4.78, 5) is 15.1. The van der Waals surface area contributed by atoms with Crippen molar-refractivity contribution >= 4 is 15.7 Å². The SMILES string of the molecule is CC(C)[C@@H]1CN2C[C@@H](NC(=O)Cc3ccc(S(C)(=O)=O)cc3)C[C@H]2CO1. The normalized spacial score (nSPS) is 26.7. The van der Waals surface area contributed by atoms with Crippen LogP contribution in [-0.4, -0.2) is 63.4 Å². The summed E-state index contributed by atoms with van der Waals surface area (Å²) in [6.45, 7) is 6.89. The first-order valence-corrected chi connectivity index (χ1v) is 11.1. The van der Waals surface area contributed by atoms with E-state index >= 15 is 0 Å². The Hall–Kier alpha value is -1.44. The van der Waals surface area contributed by atoms with Gasteiger partial charge in [0, 0.05) is 31.4 Å². The standard InChI is InChI=1S/C19H28N2O4S/c1-13(2)18-11-21-10-15(9-16(21)12-25-18)20-19(22)8-14-4-6-17(7-5-14)26(3,23)24/h4-7,13,15-16,18H,8-12H2,1-3H3,(H,20,22)/t15-,16-,18-/m0/s1. The van der Waals surface area contributed by atoms with Crippen molar-refractivity contribution in [1.29, 1.82) is 0 Å². The van der Waals surface area contributed by atoms with Crippen LogP contribution in [0.2, 0.25) is 0 Å². The fraction of sp³-hybridized carbons (Fsp3) is 0.632. The highest BCUT2D eigenvalue weighted by Crippen LogP contribution is 2.25. The third kappa shape index (κ3) is 4.64. The summed E-state index contributed by atoms with van der Waals surface area (Å²) in [7, 11) is -3.21. The monoisotopic (exact) mass is 380 g/mol. The number of ether oxygens (including phenoxy) is 1. The van der Waals surface area contributed by atoms with Crippen LogP contribution < -0.4 is 5.32 Å². The third-order valence-electron chi connectivity index (χ3n) is 5.27. The predicted octanol–water partition coefficient (Wildman–Crippen LogP) is 1.25. The second kappa shape index (κ2) is 7.66. The lowest BCUT2D eigenvalue weighted by Crippen LogP contribution is -2.48. The van der Waals surface area contributed by atoms with Crippen LogP contribution in [0.5, 0.6) is 0 Å². The first-order valence-electron chi connectivity index (χ1n) is 9.16. The van der Waals surface area contributed by atoms with Crippen LogP contribution in [0.3, 0.4) is 0 Å². The Balaban J connectivity index is 1.51. The number of sulfone groups is 1. The molecule has 6 nitrogen and oxygen atoms in total. The molecule has 1 aromatic carbocycles. The summed E-state index contributed by atoms with van der Waals surface area (Å²) in [5, 5.41) is 3.12. The van der Waals surface area contributed by atoms with E-state index in [1.807, 2.05) is 0 Å². The molecule has 0 saturated carbocycles. The first-order chi connectivity index (χ1) is 12.2. The topological polar surface area (TPSA) is 75.7 Å². The van der Waals surface area contributed by atoms with Crippen LogP contribution in [-0.2, 0) is 25.8 Å². The molecule has 2 saturated heterocycles. The first kappa shape index (κ1) is 19.3. The number of benzene rings is 1. The molecule has 0 aliphatic carbocycles. The summed E-state index contributed by atoms with van der Waals surface area (Å²) < 4.78 is 28.9. The quantitative estimate of drug-likeness (QED) is 0.832. The van der Waals surface area contributed by atoms with E-state index in [4.69, 9.17) is 4.74 Å². The molecule has 0 radical (unpaired) electrons. The van der Waals surface area contributed by atoms with Crippen molar-refractivity contribution in [2.45, 2.75) is 49.8 Å². The van der Waals surface area contributed by atoms with E-state index in [0.717, 1.165) is 31.7 Å². The second-order valence-corrected chi connectivity index (χ2v) is 9.83. The molecule has 0 unspecified atom stereocenters. The van der Waals surface area contributed by atoms with Gasteiger partial charge in [-0.15, -0.1) is 0 Å². The van der Waals surface area contributed by atoms with Crippen LogP contribution >= 0.6 is 0 Å². The molecule has 2 heterocycles. The summed E-state index contributed by atoms with van der Waals surface area (Å²) in [5.74, 6) is 0.475. The Morgan fingerprint density at radius 2 is 1.96 bits per heavy atom. The molecule has 0 bridgehead atoms.